The number of amides is 1. The second kappa shape index (κ2) is 7.48. The minimum atomic E-state index is 0.119. The van der Waals surface area contributed by atoms with E-state index in [0.717, 1.165) is 32.4 Å². The van der Waals surface area contributed by atoms with E-state index in [1.807, 2.05) is 6.07 Å². The van der Waals surface area contributed by atoms with Crippen LogP contribution in [0.1, 0.15) is 57.4 Å². The van der Waals surface area contributed by atoms with Crippen LogP contribution in [-0.4, -0.2) is 40.9 Å². The molecule has 1 atom stereocenters. The first-order chi connectivity index (χ1) is 11.2. The van der Waals surface area contributed by atoms with Gasteiger partial charge in [0, 0.05) is 25.0 Å². The molecule has 2 aliphatic heterocycles. The Morgan fingerprint density at radius 1 is 1.09 bits per heavy atom. The Hall–Kier alpha value is -1.35. The molecule has 1 amide bonds. The molecule has 0 N–H and O–H groups in total. The number of nitrogens with zero attached hydrogens (tertiary/aromatic N) is 2. The zero-order valence-corrected chi connectivity index (χ0v) is 14.5. The summed E-state index contributed by atoms with van der Waals surface area (Å²) in [6.07, 6.45) is 7.90. The number of carbonyl (C=O) groups excluding carboxylic acids is 1. The van der Waals surface area contributed by atoms with Crippen molar-refractivity contribution in [1.82, 2.24) is 9.80 Å². The van der Waals surface area contributed by atoms with E-state index in [0.29, 0.717) is 5.91 Å². The fourth-order valence-electron chi connectivity index (χ4n) is 4.26. The first-order valence-electron chi connectivity index (χ1n) is 9.30. The van der Waals surface area contributed by atoms with Gasteiger partial charge >= 0.3 is 0 Å². The third-order valence-electron chi connectivity index (χ3n) is 5.70. The fraction of sp³-hybridized carbons (Fsp3) is 0.650. The Morgan fingerprint density at radius 3 is 2.70 bits per heavy atom. The SMILES string of the molecule is CCCCN1CCC[C@]2(CCC(=O)N2Cc2ccccc2)CC1. The molecule has 3 heteroatoms. The second-order valence-electron chi connectivity index (χ2n) is 7.24. The molecule has 0 saturated carbocycles. The smallest absolute Gasteiger partial charge is 0.223 e. The van der Waals surface area contributed by atoms with E-state index in [1.54, 1.807) is 0 Å². The topological polar surface area (TPSA) is 23.6 Å². The van der Waals surface area contributed by atoms with Crippen LogP contribution in [-0.2, 0) is 11.3 Å². The third-order valence-corrected chi connectivity index (χ3v) is 5.70. The molecule has 126 valence electrons. The molecule has 3 nitrogen and oxygen atoms in total. The highest BCUT2D eigenvalue weighted by Crippen LogP contribution is 2.40. The number of rotatable bonds is 5. The number of likely N-dealkylation sites (tertiary alicyclic amines) is 2. The first kappa shape index (κ1) is 16.5. The summed E-state index contributed by atoms with van der Waals surface area (Å²) in [5.41, 5.74) is 1.38. The Balaban J connectivity index is 1.70. The van der Waals surface area contributed by atoms with Gasteiger partial charge in [0.25, 0.3) is 0 Å². The molecule has 0 aromatic heterocycles. The summed E-state index contributed by atoms with van der Waals surface area (Å²) in [4.78, 5) is 17.4. The highest BCUT2D eigenvalue weighted by Gasteiger charge is 2.45. The zero-order valence-electron chi connectivity index (χ0n) is 14.5. The largest absolute Gasteiger partial charge is 0.333 e. The minimum Gasteiger partial charge on any atom is -0.333 e. The van der Waals surface area contributed by atoms with E-state index in [9.17, 15) is 4.79 Å². The van der Waals surface area contributed by atoms with Crippen molar-refractivity contribution in [3.05, 3.63) is 35.9 Å². The molecule has 0 unspecified atom stereocenters. The predicted molar refractivity (Wildman–Crippen MR) is 94.2 cm³/mol. The van der Waals surface area contributed by atoms with Gasteiger partial charge in [-0.3, -0.25) is 4.79 Å². The highest BCUT2D eigenvalue weighted by atomic mass is 16.2. The lowest BCUT2D eigenvalue weighted by Gasteiger charge is -2.38. The van der Waals surface area contributed by atoms with Gasteiger partial charge in [-0.1, -0.05) is 43.7 Å². The van der Waals surface area contributed by atoms with Crippen LogP contribution in [0.5, 0.6) is 0 Å². The van der Waals surface area contributed by atoms with Crippen LogP contribution >= 0.6 is 0 Å². The fourth-order valence-corrected chi connectivity index (χ4v) is 4.26. The van der Waals surface area contributed by atoms with Crippen molar-refractivity contribution >= 4 is 5.91 Å². The number of hydrogen-bond acceptors (Lipinski definition) is 2. The van der Waals surface area contributed by atoms with Crippen LogP contribution in [0.25, 0.3) is 0 Å². The van der Waals surface area contributed by atoms with E-state index < -0.39 is 0 Å². The van der Waals surface area contributed by atoms with Gasteiger partial charge in [-0.2, -0.15) is 0 Å². The van der Waals surface area contributed by atoms with Gasteiger partial charge in [0.15, 0.2) is 0 Å². The second-order valence-corrected chi connectivity index (χ2v) is 7.24. The molecule has 2 fully saturated rings. The van der Waals surface area contributed by atoms with Crippen LogP contribution in [0.3, 0.4) is 0 Å². The molecule has 23 heavy (non-hydrogen) atoms. The van der Waals surface area contributed by atoms with Gasteiger partial charge in [-0.05, 0) is 50.8 Å². The normalized spacial score (nSPS) is 26.0. The summed E-state index contributed by atoms with van der Waals surface area (Å²) in [6.45, 7) is 6.62. The molecule has 1 spiro atoms. The maximum Gasteiger partial charge on any atom is 0.223 e. The summed E-state index contributed by atoms with van der Waals surface area (Å²) in [7, 11) is 0. The lowest BCUT2D eigenvalue weighted by molar-refractivity contribution is -0.132. The Kier molecular flexibility index (Phi) is 5.37. The number of hydrogen-bond donors (Lipinski definition) is 0. The lowest BCUT2D eigenvalue weighted by atomic mass is 9.87. The number of carbonyl (C=O) groups is 1. The molecule has 2 saturated heterocycles. The van der Waals surface area contributed by atoms with Crippen molar-refractivity contribution in [3.63, 3.8) is 0 Å². The van der Waals surface area contributed by atoms with Crippen molar-refractivity contribution in [3.8, 4) is 0 Å². The monoisotopic (exact) mass is 314 g/mol. The van der Waals surface area contributed by atoms with Gasteiger partial charge in [0.1, 0.15) is 0 Å². The van der Waals surface area contributed by atoms with E-state index >= 15 is 0 Å². The Morgan fingerprint density at radius 2 is 1.91 bits per heavy atom. The van der Waals surface area contributed by atoms with Crippen molar-refractivity contribution in [2.45, 2.75) is 64.0 Å². The summed E-state index contributed by atoms with van der Waals surface area (Å²) < 4.78 is 0. The molecular weight excluding hydrogens is 284 g/mol. The standard InChI is InChI=1S/C20H30N2O/c1-2-3-14-21-15-7-11-20(13-16-21)12-10-19(23)22(20)17-18-8-5-4-6-9-18/h4-6,8-9H,2-3,7,10-17H2,1H3/t20-/m0/s1. The van der Waals surface area contributed by atoms with E-state index in [-0.39, 0.29) is 5.54 Å². The van der Waals surface area contributed by atoms with Crippen LogP contribution in [0.2, 0.25) is 0 Å². The van der Waals surface area contributed by atoms with E-state index in [1.165, 1.54) is 44.3 Å². The van der Waals surface area contributed by atoms with Gasteiger partial charge in [0.05, 0.1) is 0 Å². The molecule has 2 aliphatic rings. The van der Waals surface area contributed by atoms with Crippen LogP contribution in [0, 0.1) is 0 Å². The molecule has 0 aliphatic carbocycles. The highest BCUT2D eigenvalue weighted by molar-refractivity contribution is 5.79. The molecule has 0 bridgehead atoms. The van der Waals surface area contributed by atoms with Crippen molar-refractivity contribution in [2.75, 3.05) is 19.6 Å². The summed E-state index contributed by atoms with van der Waals surface area (Å²) >= 11 is 0. The summed E-state index contributed by atoms with van der Waals surface area (Å²) in [5.74, 6) is 0.357. The summed E-state index contributed by atoms with van der Waals surface area (Å²) in [6, 6.07) is 10.5. The average molecular weight is 314 g/mol. The summed E-state index contributed by atoms with van der Waals surface area (Å²) in [5, 5.41) is 0. The lowest BCUT2D eigenvalue weighted by Crippen LogP contribution is -2.45. The van der Waals surface area contributed by atoms with E-state index in [2.05, 4.69) is 41.0 Å². The zero-order chi connectivity index (χ0) is 16.1. The van der Waals surface area contributed by atoms with Crippen molar-refractivity contribution < 1.29 is 4.79 Å². The van der Waals surface area contributed by atoms with Gasteiger partial charge < -0.3 is 9.80 Å². The van der Waals surface area contributed by atoms with Gasteiger partial charge in [-0.15, -0.1) is 0 Å². The quantitative estimate of drug-likeness (QED) is 0.824. The number of benzene rings is 1. The predicted octanol–water partition coefficient (Wildman–Crippen LogP) is 3.83. The molecule has 0 radical (unpaired) electrons. The van der Waals surface area contributed by atoms with Crippen LogP contribution in [0.15, 0.2) is 30.3 Å². The van der Waals surface area contributed by atoms with Crippen molar-refractivity contribution in [2.24, 2.45) is 0 Å². The van der Waals surface area contributed by atoms with Crippen LogP contribution < -0.4 is 0 Å². The molecule has 2 heterocycles. The van der Waals surface area contributed by atoms with Gasteiger partial charge in [0.2, 0.25) is 5.91 Å². The van der Waals surface area contributed by atoms with E-state index in [4.69, 9.17) is 0 Å². The number of unbranched alkanes of at least 4 members (excludes halogenated alkanes) is 1. The Bertz CT molecular complexity index is 516. The maximum absolute atomic E-state index is 12.5. The van der Waals surface area contributed by atoms with Gasteiger partial charge in [-0.25, -0.2) is 0 Å². The molecule has 1 aromatic carbocycles. The first-order valence-corrected chi connectivity index (χ1v) is 9.30. The Labute approximate surface area is 140 Å². The average Bonchev–Trinajstić information content (AvgIpc) is 2.75. The molecule has 3 rings (SSSR count). The molecular formula is C20H30N2O. The van der Waals surface area contributed by atoms with Crippen LogP contribution in [0.4, 0.5) is 0 Å². The van der Waals surface area contributed by atoms with Crippen molar-refractivity contribution in [1.29, 1.82) is 0 Å². The minimum absolute atomic E-state index is 0.119. The maximum atomic E-state index is 12.5. The molecule has 1 aromatic rings. The third kappa shape index (κ3) is 3.77.